The molecule has 2 atom stereocenters. The monoisotopic (exact) mass is 1080 g/mol. The lowest BCUT2D eigenvalue weighted by Gasteiger charge is -2.51. The lowest BCUT2D eigenvalue weighted by atomic mass is 9.33. The Bertz CT molecular complexity index is 4390. The minimum absolute atomic E-state index is 0.0219. The average Bonchev–Trinajstić information content (AvgIpc) is 3.97. The van der Waals surface area contributed by atoms with Crippen molar-refractivity contribution in [1.82, 2.24) is 0 Å². The molecular weight excluding hydrogens is 1010 g/mol. The van der Waals surface area contributed by atoms with Gasteiger partial charge in [-0.05, 0) is 135 Å². The molecule has 9 aromatic carbocycles. The fraction of sp³-hybridized carbons (Fsp3) is 0.270. The molecule has 3 aliphatic heterocycles. The molecule has 5 heterocycles. The SMILES string of the molecule is CC(C)(C)c1ccc2c(c1)B1c3ccc4c(sc5ccccc54)c3N(c3ccc(C(C)(C)C)cc3-c3ccccc3)c3cc(N4c5ccc(C(C)(C)C)cc5C5(C)CCCCC45C)cc(c31)N2c1cccc2c1sc1ccccc12. The minimum Gasteiger partial charge on any atom is -0.334 e. The first-order valence-corrected chi connectivity index (χ1v) is 30.9. The molecule has 1 saturated carbocycles. The van der Waals surface area contributed by atoms with Crippen LogP contribution in [0.4, 0.5) is 45.5 Å². The minimum atomic E-state index is -0.186. The lowest BCUT2D eigenvalue weighted by molar-refractivity contribution is 0.195. The number of nitrogens with zero attached hydrogens (tertiary/aromatic N) is 3. The third-order valence-corrected chi connectivity index (χ3v) is 21.9. The first-order valence-electron chi connectivity index (χ1n) is 29.2. The molecule has 396 valence electrons. The number of hydrogen-bond acceptors (Lipinski definition) is 5. The maximum absolute atomic E-state index is 2.85. The molecule has 0 radical (unpaired) electrons. The molecule has 1 fully saturated rings. The highest BCUT2D eigenvalue weighted by Crippen LogP contribution is 2.63. The fourth-order valence-corrected chi connectivity index (χ4v) is 17.4. The van der Waals surface area contributed by atoms with Gasteiger partial charge in [0, 0.05) is 70.4 Å². The van der Waals surface area contributed by atoms with E-state index >= 15 is 0 Å². The van der Waals surface area contributed by atoms with E-state index in [1.54, 1.807) is 0 Å². The molecule has 6 heteroatoms. The topological polar surface area (TPSA) is 9.72 Å². The van der Waals surface area contributed by atoms with Gasteiger partial charge in [-0.3, -0.25) is 0 Å². The van der Waals surface area contributed by atoms with Crippen molar-refractivity contribution in [2.24, 2.45) is 0 Å². The summed E-state index contributed by atoms with van der Waals surface area (Å²) in [5, 5.41) is 5.25. The van der Waals surface area contributed by atoms with Crippen LogP contribution in [0.5, 0.6) is 0 Å². The van der Waals surface area contributed by atoms with Crippen LogP contribution in [0.1, 0.15) is 124 Å². The van der Waals surface area contributed by atoms with Gasteiger partial charge in [0.25, 0.3) is 6.71 Å². The maximum Gasteiger partial charge on any atom is 0.252 e. The normalized spacial score (nSPS) is 18.7. The van der Waals surface area contributed by atoms with E-state index in [-0.39, 0.29) is 33.9 Å². The molecule has 11 aromatic rings. The predicted molar refractivity (Wildman–Crippen MR) is 351 cm³/mol. The zero-order valence-corrected chi connectivity index (χ0v) is 49.9. The number of thiophene rings is 2. The molecule has 0 spiro atoms. The Morgan fingerprint density at radius 3 is 1.69 bits per heavy atom. The van der Waals surface area contributed by atoms with Gasteiger partial charge >= 0.3 is 0 Å². The number of anilines is 8. The quantitative estimate of drug-likeness (QED) is 0.163. The van der Waals surface area contributed by atoms with Crippen LogP contribution in [0.3, 0.4) is 0 Å². The van der Waals surface area contributed by atoms with Crippen LogP contribution in [0.15, 0.2) is 176 Å². The van der Waals surface area contributed by atoms with Gasteiger partial charge in [-0.2, -0.15) is 0 Å². The summed E-state index contributed by atoms with van der Waals surface area (Å²) in [5.41, 5.74) is 21.8. The van der Waals surface area contributed by atoms with Gasteiger partial charge in [0.2, 0.25) is 0 Å². The van der Waals surface area contributed by atoms with Gasteiger partial charge in [-0.25, -0.2) is 0 Å². The van der Waals surface area contributed by atoms with Gasteiger partial charge < -0.3 is 14.7 Å². The molecule has 3 nitrogen and oxygen atoms in total. The van der Waals surface area contributed by atoms with E-state index in [1.807, 2.05) is 22.7 Å². The fourth-order valence-electron chi connectivity index (χ4n) is 14.9. The highest BCUT2D eigenvalue weighted by atomic mass is 32.1. The highest BCUT2D eigenvalue weighted by Gasteiger charge is 2.58. The molecule has 2 unspecified atom stereocenters. The van der Waals surface area contributed by atoms with Gasteiger partial charge in [0.1, 0.15) is 0 Å². The predicted octanol–water partition coefficient (Wildman–Crippen LogP) is 19.8. The summed E-state index contributed by atoms with van der Waals surface area (Å²) < 4.78 is 5.28. The summed E-state index contributed by atoms with van der Waals surface area (Å²) in [6, 6.07) is 69.1. The van der Waals surface area contributed by atoms with Crippen molar-refractivity contribution in [2.75, 3.05) is 14.7 Å². The first kappa shape index (κ1) is 49.9. The van der Waals surface area contributed by atoms with Crippen LogP contribution in [-0.2, 0) is 21.7 Å². The second-order valence-electron chi connectivity index (χ2n) is 27.2. The van der Waals surface area contributed by atoms with Gasteiger partial charge in [0.15, 0.2) is 0 Å². The number of benzene rings is 9. The molecule has 2 aromatic heterocycles. The van der Waals surface area contributed by atoms with Crippen molar-refractivity contribution >= 4 is 132 Å². The Morgan fingerprint density at radius 2 is 1.00 bits per heavy atom. The van der Waals surface area contributed by atoms with Crippen molar-refractivity contribution in [3.63, 3.8) is 0 Å². The third-order valence-electron chi connectivity index (χ3n) is 19.5. The average molecular weight is 1080 g/mol. The molecule has 1 aliphatic carbocycles. The van der Waals surface area contributed by atoms with Crippen LogP contribution in [0, 0.1) is 0 Å². The van der Waals surface area contributed by atoms with Crippen molar-refractivity contribution in [1.29, 1.82) is 0 Å². The van der Waals surface area contributed by atoms with Crippen molar-refractivity contribution in [2.45, 2.75) is 129 Å². The van der Waals surface area contributed by atoms with E-state index in [4.69, 9.17) is 0 Å². The summed E-state index contributed by atoms with van der Waals surface area (Å²) in [5.74, 6) is 0. The Morgan fingerprint density at radius 1 is 0.438 bits per heavy atom. The summed E-state index contributed by atoms with van der Waals surface area (Å²) in [6.07, 6.45) is 4.71. The molecule has 80 heavy (non-hydrogen) atoms. The summed E-state index contributed by atoms with van der Waals surface area (Å²) in [7, 11) is 0. The standard InChI is InChI=1S/C74H70BN3S2/c1-70(2,3)46-30-35-58(54(40-46)45-22-13-12-14-23-45)77-63-44-49(78-59-36-31-47(71(4,5)6)41-55(59)73(10)38-19-20-39-74(73,78)11)43-62-66(63)75(56-34-33-53-51-25-16-18-29-65(51)80-69(53)67(56)77)57-42-48(72(7,8)9)32-37-60(57)76(62)61-27-21-26-52-50-24-15-17-28-64(50)79-68(52)61/h12-18,21-37,40-44H,19-20,38-39H2,1-11H3. The molecule has 0 bridgehead atoms. The van der Waals surface area contributed by atoms with Gasteiger partial charge in [-0.15, -0.1) is 22.7 Å². The van der Waals surface area contributed by atoms with E-state index in [2.05, 4.69) is 267 Å². The van der Waals surface area contributed by atoms with Crippen LogP contribution >= 0.6 is 22.7 Å². The highest BCUT2D eigenvalue weighted by molar-refractivity contribution is 7.27. The smallest absolute Gasteiger partial charge is 0.252 e. The Hall–Kier alpha value is -7.12. The second kappa shape index (κ2) is 17.2. The van der Waals surface area contributed by atoms with Crippen molar-refractivity contribution < 1.29 is 0 Å². The van der Waals surface area contributed by atoms with Crippen molar-refractivity contribution in [3.8, 4) is 11.1 Å². The lowest BCUT2D eigenvalue weighted by Crippen LogP contribution is -2.61. The number of fused-ring (bicyclic) bond motifs is 14. The Labute approximate surface area is 481 Å². The van der Waals surface area contributed by atoms with Gasteiger partial charge in [-0.1, -0.05) is 203 Å². The molecule has 4 aliphatic rings. The molecule has 0 amide bonds. The Kier molecular flexibility index (Phi) is 10.7. The van der Waals surface area contributed by atoms with Crippen LogP contribution in [0.25, 0.3) is 51.5 Å². The van der Waals surface area contributed by atoms with Crippen LogP contribution in [-0.4, -0.2) is 12.3 Å². The van der Waals surface area contributed by atoms with Crippen molar-refractivity contribution in [3.05, 3.63) is 198 Å². The molecular formula is C74H70BN3S2. The van der Waals surface area contributed by atoms with E-state index in [0.717, 1.165) is 12.8 Å². The summed E-state index contributed by atoms with van der Waals surface area (Å²) >= 11 is 3.89. The van der Waals surface area contributed by atoms with E-state index in [0.29, 0.717) is 0 Å². The molecule has 15 rings (SSSR count). The zero-order chi connectivity index (χ0) is 55.0. The molecule has 0 saturated heterocycles. The summed E-state index contributed by atoms with van der Waals surface area (Å²) in [6.45, 7) is 26.5. The summed E-state index contributed by atoms with van der Waals surface area (Å²) in [4.78, 5) is 8.33. The van der Waals surface area contributed by atoms with E-state index < -0.39 is 0 Å². The largest absolute Gasteiger partial charge is 0.334 e. The number of rotatable bonds is 4. The van der Waals surface area contributed by atoms with Gasteiger partial charge in [0.05, 0.1) is 32.0 Å². The maximum atomic E-state index is 2.85. The number of hydrogen-bond donors (Lipinski definition) is 0. The first-order chi connectivity index (χ1) is 38.3. The zero-order valence-electron chi connectivity index (χ0n) is 48.3. The van der Waals surface area contributed by atoms with E-state index in [1.165, 1.54) is 148 Å². The second-order valence-corrected chi connectivity index (χ2v) is 29.3. The van der Waals surface area contributed by atoms with Crippen LogP contribution in [0.2, 0.25) is 0 Å². The van der Waals surface area contributed by atoms with E-state index in [9.17, 15) is 0 Å². The Balaban J connectivity index is 1.13. The molecule has 0 N–H and O–H groups in total. The van der Waals surface area contributed by atoms with Crippen LogP contribution < -0.4 is 31.1 Å². The third kappa shape index (κ3) is 7.10.